The summed E-state index contributed by atoms with van der Waals surface area (Å²) in [6, 6.07) is 9.23. The van der Waals surface area contributed by atoms with E-state index >= 15 is 0 Å². The summed E-state index contributed by atoms with van der Waals surface area (Å²) < 4.78 is 27.1. The van der Waals surface area contributed by atoms with Crippen molar-refractivity contribution in [2.45, 2.75) is 18.4 Å². The normalized spacial score (nSPS) is 11.4. The molecule has 21 heavy (non-hydrogen) atoms. The van der Waals surface area contributed by atoms with Crippen LogP contribution >= 0.6 is 23.2 Å². The van der Waals surface area contributed by atoms with Gasteiger partial charge in [0.1, 0.15) is 4.90 Å². The molecule has 0 atom stereocenters. The molecular formula is C14H13Cl2NO3S. The maximum absolute atomic E-state index is 12.4. The highest BCUT2D eigenvalue weighted by Gasteiger charge is 2.19. The number of anilines is 1. The fourth-order valence-corrected chi connectivity index (χ4v) is 3.62. The number of aliphatic hydroxyl groups excluding tert-OH is 1. The lowest BCUT2D eigenvalue weighted by Crippen LogP contribution is -2.13. The van der Waals surface area contributed by atoms with E-state index in [0.717, 1.165) is 0 Å². The van der Waals surface area contributed by atoms with Crippen molar-refractivity contribution >= 4 is 38.9 Å². The van der Waals surface area contributed by atoms with E-state index in [9.17, 15) is 8.42 Å². The Morgan fingerprint density at radius 3 is 2.29 bits per heavy atom. The van der Waals surface area contributed by atoms with Gasteiger partial charge in [-0.2, -0.15) is 0 Å². The SMILES string of the molecule is Cc1cc(S(=O)(=O)Nc2ccc(CO)cc2)c(Cl)cc1Cl. The first-order valence-corrected chi connectivity index (χ1v) is 8.25. The van der Waals surface area contributed by atoms with E-state index in [4.69, 9.17) is 28.3 Å². The molecule has 0 unspecified atom stereocenters. The van der Waals surface area contributed by atoms with Crippen molar-refractivity contribution in [3.05, 3.63) is 57.6 Å². The third-order valence-electron chi connectivity index (χ3n) is 2.89. The minimum absolute atomic E-state index is 0.0303. The minimum Gasteiger partial charge on any atom is -0.392 e. The third-order valence-corrected chi connectivity index (χ3v) is 5.14. The summed E-state index contributed by atoms with van der Waals surface area (Å²) in [5.41, 5.74) is 1.70. The summed E-state index contributed by atoms with van der Waals surface area (Å²) >= 11 is 11.9. The Labute approximate surface area is 133 Å². The zero-order chi connectivity index (χ0) is 15.6. The first-order valence-electron chi connectivity index (χ1n) is 6.02. The minimum atomic E-state index is -3.81. The average Bonchev–Trinajstić information content (AvgIpc) is 2.43. The van der Waals surface area contributed by atoms with E-state index in [2.05, 4.69) is 4.72 Å². The molecule has 7 heteroatoms. The first kappa shape index (κ1) is 16.1. The summed E-state index contributed by atoms with van der Waals surface area (Å²) in [5, 5.41) is 9.43. The Balaban J connectivity index is 2.35. The van der Waals surface area contributed by atoms with E-state index in [1.807, 2.05) is 0 Å². The Kier molecular flexibility index (Phi) is 4.78. The van der Waals surface area contributed by atoms with Gasteiger partial charge >= 0.3 is 0 Å². The molecule has 0 radical (unpaired) electrons. The summed E-state index contributed by atoms with van der Waals surface area (Å²) in [6.07, 6.45) is 0. The van der Waals surface area contributed by atoms with Gasteiger partial charge in [0.05, 0.1) is 11.6 Å². The second-order valence-corrected chi connectivity index (χ2v) is 6.96. The van der Waals surface area contributed by atoms with Gasteiger partial charge in [-0.15, -0.1) is 0 Å². The highest BCUT2D eigenvalue weighted by molar-refractivity contribution is 7.92. The van der Waals surface area contributed by atoms with Crippen LogP contribution in [0.3, 0.4) is 0 Å². The van der Waals surface area contributed by atoms with Crippen LogP contribution in [0.25, 0.3) is 0 Å². The average molecular weight is 346 g/mol. The number of aliphatic hydroxyl groups is 1. The highest BCUT2D eigenvalue weighted by Crippen LogP contribution is 2.29. The molecular weight excluding hydrogens is 333 g/mol. The van der Waals surface area contributed by atoms with Gasteiger partial charge in [0.25, 0.3) is 10.0 Å². The van der Waals surface area contributed by atoms with Gasteiger partial charge in [-0.1, -0.05) is 35.3 Å². The van der Waals surface area contributed by atoms with Gasteiger partial charge in [0.15, 0.2) is 0 Å². The summed E-state index contributed by atoms with van der Waals surface area (Å²) in [7, 11) is -3.81. The van der Waals surface area contributed by atoms with E-state index in [1.165, 1.54) is 12.1 Å². The quantitative estimate of drug-likeness (QED) is 0.889. The van der Waals surface area contributed by atoms with E-state index < -0.39 is 10.0 Å². The highest BCUT2D eigenvalue weighted by atomic mass is 35.5. The molecule has 0 bridgehead atoms. The summed E-state index contributed by atoms with van der Waals surface area (Å²) in [6.45, 7) is 1.60. The Morgan fingerprint density at radius 1 is 1.10 bits per heavy atom. The maximum atomic E-state index is 12.4. The van der Waals surface area contributed by atoms with Crippen molar-refractivity contribution in [3.63, 3.8) is 0 Å². The zero-order valence-electron chi connectivity index (χ0n) is 11.1. The smallest absolute Gasteiger partial charge is 0.263 e. The number of nitrogens with one attached hydrogen (secondary N) is 1. The molecule has 4 nitrogen and oxygen atoms in total. The summed E-state index contributed by atoms with van der Waals surface area (Å²) in [4.78, 5) is -0.0303. The van der Waals surface area contributed by atoms with Crippen LogP contribution in [0.2, 0.25) is 10.0 Å². The molecule has 2 aromatic carbocycles. The number of benzene rings is 2. The lowest BCUT2D eigenvalue weighted by atomic mass is 10.2. The van der Waals surface area contributed by atoms with Crippen LogP contribution in [-0.4, -0.2) is 13.5 Å². The fraction of sp³-hybridized carbons (Fsp3) is 0.143. The second-order valence-electron chi connectivity index (χ2n) is 4.49. The van der Waals surface area contributed by atoms with Gasteiger partial charge < -0.3 is 5.11 Å². The van der Waals surface area contributed by atoms with Gasteiger partial charge in [0, 0.05) is 10.7 Å². The Bertz CT molecular complexity index is 759. The Morgan fingerprint density at radius 2 is 1.71 bits per heavy atom. The fourth-order valence-electron chi connectivity index (χ4n) is 1.73. The predicted octanol–water partition coefficient (Wildman–Crippen LogP) is 3.59. The van der Waals surface area contributed by atoms with Crippen LogP contribution in [0.5, 0.6) is 0 Å². The van der Waals surface area contributed by atoms with Gasteiger partial charge in [-0.3, -0.25) is 4.72 Å². The van der Waals surface area contributed by atoms with E-state index in [0.29, 0.717) is 21.8 Å². The van der Waals surface area contributed by atoms with Crippen LogP contribution in [0.4, 0.5) is 5.69 Å². The molecule has 0 aliphatic carbocycles. The number of hydrogen-bond donors (Lipinski definition) is 2. The maximum Gasteiger partial charge on any atom is 0.263 e. The van der Waals surface area contributed by atoms with Crippen LogP contribution < -0.4 is 4.72 Å². The molecule has 2 N–H and O–H groups in total. The van der Waals surface area contributed by atoms with Crippen molar-refractivity contribution in [2.24, 2.45) is 0 Å². The molecule has 0 aromatic heterocycles. The molecule has 0 heterocycles. The van der Waals surface area contributed by atoms with Crippen molar-refractivity contribution in [2.75, 3.05) is 4.72 Å². The molecule has 112 valence electrons. The molecule has 2 rings (SSSR count). The molecule has 2 aromatic rings. The van der Waals surface area contributed by atoms with E-state index in [-0.39, 0.29) is 16.5 Å². The third kappa shape index (κ3) is 3.68. The van der Waals surface area contributed by atoms with Crippen molar-refractivity contribution in [1.82, 2.24) is 0 Å². The van der Waals surface area contributed by atoms with Crippen LogP contribution in [0.15, 0.2) is 41.3 Å². The van der Waals surface area contributed by atoms with Gasteiger partial charge in [-0.25, -0.2) is 8.42 Å². The lowest BCUT2D eigenvalue weighted by molar-refractivity contribution is 0.282. The van der Waals surface area contributed by atoms with Gasteiger partial charge in [0.2, 0.25) is 0 Å². The van der Waals surface area contributed by atoms with Crippen LogP contribution in [0, 0.1) is 6.92 Å². The molecule has 0 aliphatic heterocycles. The number of rotatable bonds is 4. The lowest BCUT2D eigenvalue weighted by Gasteiger charge is -2.11. The molecule has 0 spiro atoms. The number of sulfonamides is 1. The zero-order valence-corrected chi connectivity index (χ0v) is 13.4. The molecule has 0 aliphatic rings. The first-order chi connectivity index (χ1) is 9.83. The van der Waals surface area contributed by atoms with Crippen LogP contribution in [0.1, 0.15) is 11.1 Å². The molecule has 0 fully saturated rings. The second kappa shape index (κ2) is 6.23. The van der Waals surface area contributed by atoms with Crippen LogP contribution in [-0.2, 0) is 16.6 Å². The van der Waals surface area contributed by atoms with Crippen molar-refractivity contribution in [3.8, 4) is 0 Å². The topological polar surface area (TPSA) is 66.4 Å². The standard InChI is InChI=1S/C14H13Cl2NO3S/c1-9-6-14(13(16)7-12(9)15)21(19,20)17-11-4-2-10(8-18)3-5-11/h2-7,17-18H,8H2,1H3. The van der Waals surface area contributed by atoms with E-state index in [1.54, 1.807) is 31.2 Å². The molecule has 0 saturated heterocycles. The molecule has 0 saturated carbocycles. The monoisotopic (exact) mass is 345 g/mol. The Hall–Kier alpha value is -1.27. The number of halogens is 2. The number of aryl methyl sites for hydroxylation is 1. The van der Waals surface area contributed by atoms with Gasteiger partial charge in [-0.05, 0) is 42.3 Å². The van der Waals surface area contributed by atoms with Crippen molar-refractivity contribution in [1.29, 1.82) is 0 Å². The molecule has 0 amide bonds. The largest absolute Gasteiger partial charge is 0.392 e. The summed E-state index contributed by atoms with van der Waals surface area (Å²) in [5.74, 6) is 0. The van der Waals surface area contributed by atoms with Crippen molar-refractivity contribution < 1.29 is 13.5 Å². The predicted molar refractivity (Wildman–Crippen MR) is 84.4 cm³/mol. The number of hydrogen-bond acceptors (Lipinski definition) is 3.